The lowest BCUT2D eigenvalue weighted by molar-refractivity contribution is 0.703. The minimum atomic E-state index is 1.08. The largest absolute Gasteiger partial charge is 0.316 e. The zero-order valence-electron chi connectivity index (χ0n) is 9.15. The number of nitrogens with zero attached hydrogens (tertiary/aromatic N) is 2. The minimum Gasteiger partial charge on any atom is -0.316 e. The van der Waals surface area contributed by atoms with E-state index in [0.29, 0.717) is 0 Å². The Hall–Kier alpha value is -1.13. The van der Waals surface area contributed by atoms with Gasteiger partial charge in [0.1, 0.15) is 0 Å². The van der Waals surface area contributed by atoms with Gasteiger partial charge in [-0.1, -0.05) is 5.57 Å². The summed E-state index contributed by atoms with van der Waals surface area (Å²) in [6.07, 6.45) is 10.0. The van der Waals surface area contributed by atoms with Gasteiger partial charge in [0.25, 0.3) is 0 Å². The number of nitrogens with one attached hydrogen (secondary N) is 1. The van der Waals surface area contributed by atoms with Gasteiger partial charge in [0.2, 0.25) is 0 Å². The van der Waals surface area contributed by atoms with Gasteiger partial charge in [0, 0.05) is 17.8 Å². The van der Waals surface area contributed by atoms with E-state index in [-0.39, 0.29) is 0 Å². The fourth-order valence-corrected chi connectivity index (χ4v) is 2.82. The lowest BCUT2D eigenvalue weighted by atomic mass is 10.1. The maximum atomic E-state index is 4.58. The van der Waals surface area contributed by atoms with E-state index in [2.05, 4.69) is 38.6 Å². The second-order valence-corrected chi connectivity index (χ2v) is 5.04. The lowest BCUT2D eigenvalue weighted by Crippen LogP contribution is -2.13. The van der Waals surface area contributed by atoms with Crippen molar-refractivity contribution in [1.29, 1.82) is 0 Å². The fraction of sp³-hybridized carbons (Fsp3) is 0.417. The van der Waals surface area contributed by atoms with Gasteiger partial charge in [-0.05, 0) is 38.4 Å². The molecule has 0 aromatic carbocycles. The van der Waals surface area contributed by atoms with Crippen LogP contribution >= 0.6 is 11.3 Å². The van der Waals surface area contributed by atoms with Gasteiger partial charge < -0.3 is 5.32 Å². The van der Waals surface area contributed by atoms with Crippen LogP contribution in [0.3, 0.4) is 0 Å². The van der Waals surface area contributed by atoms with Crippen molar-refractivity contribution in [3.05, 3.63) is 29.0 Å². The second kappa shape index (κ2) is 4.39. The van der Waals surface area contributed by atoms with Gasteiger partial charge in [-0.25, -0.2) is 4.98 Å². The van der Waals surface area contributed by atoms with Crippen molar-refractivity contribution < 1.29 is 0 Å². The molecule has 4 heteroatoms. The molecule has 84 valence electrons. The van der Waals surface area contributed by atoms with E-state index in [9.17, 15) is 0 Å². The molecule has 0 aliphatic carbocycles. The number of aromatic nitrogens is 2. The molecule has 0 spiro atoms. The topological polar surface area (TPSA) is 29.3 Å². The third-order valence-corrected chi connectivity index (χ3v) is 3.71. The van der Waals surface area contributed by atoms with Gasteiger partial charge in [-0.3, -0.25) is 4.40 Å². The summed E-state index contributed by atoms with van der Waals surface area (Å²) < 4.78 is 2.09. The van der Waals surface area contributed by atoms with Gasteiger partial charge in [-0.15, -0.1) is 11.3 Å². The molecule has 3 nitrogen and oxygen atoms in total. The van der Waals surface area contributed by atoms with E-state index in [1.165, 1.54) is 18.4 Å². The quantitative estimate of drug-likeness (QED) is 0.820. The van der Waals surface area contributed by atoms with Crippen molar-refractivity contribution in [2.75, 3.05) is 13.1 Å². The molecule has 1 saturated heterocycles. The summed E-state index contributed by atoms with van der Waals surface area (Å²) in [6.45, 7) is 2.25. The average molecular weight is 233 g/mol. The van der Waals surface area contributed by atoms with Crippen LogP contribution in [-0.4, -0.2) is 22.5 Å². The van der Waals surface area contributed by atoms with Gasteiger partial charge >= 0.3 is 0 Å². The van der Waals surface area contributed by atoms with Crippen molar-refractivity contribution in [2.45, 2.75) is 19.3 Å². The van der Waals surface area contributed by atoms with E-state index in [1.807, 2.05) is 0 Å². The summed E-state index contributed by atoms with van der Waals surface area (Å²) in [7, 11) is 0. The van der Waals surface area contributed by atoms with Crippen LogP contribution in [0.25, 0.3) is 11.0 Å². The third-order valence-electron chi connectivity index (χ3n) is 2.94. The number of hydrogen-bond donors (Lipinski definition) is 1. The summed E-state index contributed by atoms with van der Waals surface area (Å²) in [5, 5.41) is 5.48. The molecule has 0 atom stereocenters. The van der Waals surface area contributed by atoms with E-state index in [4.69, 9.17) is 0 Å². The molecule has 0 amide bonds. The highest BCUT2D eigenvalue weighted by molar-refractivity contribution is 7.15. The molecular formula is C12H15N3S. The number of fused-ring (bicyclic) bond motifs is 1. The fourth-order valence-electron chi connectivity index (χ4n) is 2.11. The van der Waals surface area contributed by atoms with Crippen LogP contribution < -0.4 is 5.32 Å². The SMILES string of the molecule is C(=C1/CCCNCC1)/c1cn2ccsc2n1. The highest BCUT2D eigenvalue weighted by atomic mass is 32.1. The number of thiazole rings is 1. The predicted octanol–water partition coefficient (Wildman–Crippen LogP) is 2.55. The average Bonchev–Trinajstić information content (AvgIpc) is 2.72. The molecule has 3 heterocycles. The van der Waals surface area contributed by atoms with Crippen molar-refractivity contribution in [2.24, 2.45) is 0 Å². The van der Waals surface area contributed by atoms with Gasteiger partial charge in [0.05, 0.1) is 5.69 Å². The molecule has 1 fully saturated rings. The maximum Gasteiger partial charge on any atom is 0.194 e. The molecule has 0 radical (unpaired) electrons. The highest BCUT2D eigenvalue weighted by Crippen LogP contribution is 2.18. The molecular weight excluding hydrogens is 218 g/mol. The Labute approximate surface area is 98.8 Å². The normalized spacial score (nSPS) is 20.4. The molecule has 1 aliphatic rings. The summed E-state index contributed by atoms with van der Waals surface area (Å²) >= 11 is 1.68. The summed E-state index contributed by atoms with van der Waals surface area (Å²) in [4.78, 5) is 5.66. The molecule has 2 aromatic heterocycles. The molecule has 0 bridgehead atoms. The standard InChI is InChI=1S/C12H15N3S/c1-2-10(3-5-13-4-1)8-11-9-15-6-7-16-12(15)14-11/h6-9,13H,1-5H2/b10-8+. The third kappa shape index (κ3) is 2.03. The number of rotatable bonds is 1. The molecule has 16 heavy (non-hydrogen) atoms. The number of imidazole rings is 1. The molecule has 0 unspecified atom stereocenters. The highest BCUT2D eigenvalue weighted by Gasteiger charge is 2.05. The zero-order valence-corrected chi connectivity index (χ0v) is 9.96. The Morgan fingerprint density at radius 1 is 1.38 bits per heavy atom. The van der Waals surface area contributed by atoms with Crippen molar-refractivity contribution >= 4 is 22.4 Å². The first-order chi connectivity index (χ1) is 7.92. The smallest absolute Gasteiger partial charge is 0.194 e. The summed E-state index contributed by atoms with van der Waals surface area (Å²) in [6, 6.07) is 0. The lowest BCUT2D eigenvalue weighted by Gasteiger charge is -1.99. The van der Waals surface area contributed by atoms with Crippen LogP contribution in [0.4, 0.5) is 0 Å². The van der Waals surface area contributed by atoms with Crippen molar-refractivity contribution in [3.63, 3.8) is 0 Å². The Bertz CT molecular complexity index is 471. The Balaban J connectivity index is 1.86. The monoisotopic (exact) mass is 233 g/mol. The van der Waals surface area contributed by atoms with Crippen LogP contribution in [0.15, 0.2) is 23.3 Å². The van der Waals surface area contributed by atoms with Crippen LogP contribution in [0.2, 0.25) is 0 Å². The zero-order chi connectivity index (χ0) is 10.8. The molecule has 0 saturated carbocycles. The van der Waals surface area contributed by atoms with Crippen LogP contribution in [0, 0.1) is 0 Å². The van der Waals surface area contributed by atoms with E-state index < -0.39 is 0 Å². The Morgan fingerprint density at radius 2 is 2.38 bits per heavy atom. The van der Waals surface area contributed by atoms with Crippen molar-refractivity contribution in [3.8, 4) is 0 Å². The van der Waals surface area contributed by atoms with Crippen LogP contribution in [0.5, 0.6) is 0 Å². The van der Waals surface area contributed by atoms with Gasteiger partial charge in [-0.2, -0.15) is 0 Å². The molecule has 1 aliphatic heterocycles. The molecule has 1 N–H and O–H groups in total. The molecule has 2 aromatic rings. The van der Waals surface area contributed by atoms with Crippen LogP contribution in [0.1, 0.15) is 25.0 Å². The molecule has 3 rings (SSSR count). The summed E-state index contributed by atoms with van der Waals surface area (Å²) in [5.41, 5.74) is 2.62. The maximum absolute atomic E-state index is 4.58. The summed E-state index contributed by atoms with van der Waals surface area (Å²) in [5.74, 6) is 0. The first-order valence-electron chi connectivity index (χ1n) is 5.74. The minimum absolute atomic E-state index is 1.08. The van der Waals surface area contributed by atoms with E-state index >= 15 is 0 Å². The van der Waals surface area contributed by atoms with Crippen molar-refractivity contribution in [1.82, 2.24) is 14.7 Å². The predicted molar refractivity (Wildman–Crippen MR) is 67.8 cm³/mol. The second-order valence-electron chi connectivity index (χ2n) is 4.16. The Kier molecular flexibility index (Phi) is 2.76. The van der Waals surface area contributed by atoms with Crippen LogP contribution in [-0.2, 0) is 0 Å². The first-order valence-corrected chi connectivity index (χ1v) is 6.62. The van der Waals surface area contributed by atoms with E-state index in [0.717, 1.165) is 30.2 Å². The van der Waals surface area contributed by atoms with E-state index in [1.54, 1.807) is 11.3 Å². The van der Waals surface area contributed by atoms with Gasteiger partial charge in [0.15, 0.2) is 4.96 Å². The first kappa shape index (κ1) is 10.1. The Morgan fingerprint density at radius 3 is 3.31 bits per heavy atom. The number of hydrogen-bond acceptors (Lipinski definition) is 3.